The first-order chi connectivity index (χ1) is 17.3. The number of piperidine rings is 2. The van der Waals surface area contributed by atoms with Gasteiger partial charge in [-0.05, 0) is 61.3 Å². The second kappa shape index (κ2) is 8.57. The molecule has 1 spiro atoms. The second-order valence-corrected chi connectivity index (χ2v) is 10.5. The van der Waals surface area contributed by atoms with Crippen LogP contribution < -0.4 is 9.80 Å². The molecule has 7 nitrogen and oxygen atoms in total. The molecule has 1 aromatic heterocycles. The fraction of sp³-hybridized carbons (Fsp3) is 0.444. The van der Waals surface area contributed by atoms with Gasteiger partial charge in [0.2, 0.25) is 0 Å². The molecule has 1 saturated carbocycles. The fourth-order valence-electron chi connectivity index (χ4n) is 5.64. The molecule has 0 radical (unpaired) electrons. The fourth-order valence-corrected chi connectivity index (χ4v) is 5.64. The first kappa shape index (κ1) is 22.9. The van der Waals surface area contributed by atoms with Gasteiger partial charge in [-0.2, -0.15) is 5.10 Å². The molecule has 0 amide bonds. The Morgan fingerprint density at radius 3 is 2.42 bits per heavy atom. The van der Waals surface area contributed by atoms with E-state index >= 15 is 0 Å². The van der Waals surface area contributed by atoms with Crippen molar-refractivity contribution in [3.8, 4) is 16.8 Å². The van der Waals surface area contributed by atoms with Crippen LogP contribution in [0, 0.1) is 15.5 Å². The SMILES string of the molecule is O=[N+]([O-])c1ccc(-n2cc(-c3cccc(N4CCCC(F)(F)C4)c3)cn2)c(N2CCC3(CC2)CC3)c1. The van der Waals surface area contributed by atoms with E-state index in [0.29, 0.717) is 18.4 Å². The summed E-state index contributed by atoms with van der Waals surface area (Å²) in [6.07, 6.45) is 8.87. The molecule has 0 atom stereocenters. The van der Waals surface area contributed by atoms with E-state index < -0.39 is 5.92 Å². The second-order valence-electron chi connectivity index (χ2n) is 10.5. The summed E-state index contributed by atoms with van der Waals surface area (Å²) in [5.41, 5.74) is 4.71. The summed E-state index contributed by atoms with van der Waals surface area (Å²) in [6, 6.07) is 12.6. The van der Waals surface area contributed by atoms with Crippen molar-refractivity contribution in [1.29, 1.82) is 0 Å². The molecule has 3 aliphatic rings. The third kappa shape index (κ3) is 4.42. The van der Waals surface area contributed by atoms with E-state index in [0.717, 1.165) is 54.1 Å². The van der Waals surface area contributed by atoms with Gasteiger partial charge in [-0.1, -0.05) is 12.1 Å². The molecule has 3 aromatic rings. The Bertz CT molecular complexity index is 1290. The van der Waals surface area contributed by atoms with Crippen molar-refractivity contribution in [1.82, 2.24) is 9.78 Å². The molecule has 3 heterocycles. The summed E-state index contributed by atoms with van der Waals surface area (Å²) in [5.74, 6) is -2.67. The number of benzene rings is 2. The molecular weight excluding hydrogens is 464 g/mol. The Balaban J connectivity index is 1.30. The summed E-state index contributed by atoms with van der Waals surface area (Å²) in [4.78, 5) is 15.1. The van der Waals surface area contributed by atoms with Crippen LogP contribution in [0.4, 0.5) is 25.8 Å². The number of nitro groups is 1. The lowest BCUT2D eigenvalue weighted by molar-refractivity contribution is -0.384. The van der Waals surface area contributed by atoms with Crippen molar-refractivity contribution in [3.63, 3.8) is 0 Å². The zero-order valence-electron chi connectivity index (χ0n) is 20.1. The van der Waals surface area contributed by atoms with Crippen molar-refractivity contribution in [2.45, 2.75) is 44.4 Å². The minimum Gasteiger partial charge on any atom is -0.370 e. The van der Waals surface area contributed by atoms with Crippen molar-refractivity contribution in [2.24, 2.45) is 5.41 Å². The summed E-state index contributed by atoms with van der Waals surface area (Å²) >= 11 is 0. The van der Waals surface area contributed by atoms with Gasteiger partial charge in [0.15, 0.2) is 0 Å². The zero-order valence-corrected chi connectivity index (χ0v) is 20.1. The first-order valence-corrected chi connectivity index (χ1v) is 12.6. The number of hydrogen-bond acceptors (Lipinski definition) is 5. The largest absolute Gasteiger partial charge is 0.370 e. The highest BCUT2D eigenvalue weighted by atomic mass is 19.3. The zero-order chi connectivity index (χ0) is 24.9. The van der Waals surface area contributed by atoms with Gasteiger partial charge < -0.3 is 9.80 Å². The topological polar surface area (TPSA) is 67.4 Å². The van der Waals surface area contributed by atoms with Crippen LogP contribution in [0.25, 0.3) is 16.8 Å². The Labute approximate surface area is 208 Å². The molecule has 2 aliphatic heterocycles. The molecule has 188 valence electrons. The number of anilines is 2. The predicted molar refractivity (Wildman–Crippen MR) is 135 cm³/mol. The Morgan fingerprint density at radius 1 is 0.889 bits per heavy atom. The van der Waals surface area contributed by atoms with Gasteiger partial charge >= 0.3 is 0 Å². The number of non-ortho nitro benzene ring substituents is 1. The van der Waals surface area contributed by atoms with Gasteiger partial charge in [0, 0.05) is 55.6 Å². The van der Waals surface area contributed by atoms with Crippen LogP contribution in [0.1, 0.15) is 38.5 Å². The van der Waals surface area contributed by atoms with Crippen molar-refractivity contribution < 1.29 is 13.7 Å². The summed E-state index contributed by atoms with van der Waals surface area (Å²) in [7, 11) is 0. The van der Waals surface area contributed by atoms with E-state index in [1.54, 1.807) is 27.9 Å². The van der Waals surface area contributed by atoms with Crippen LogP contribution in [0.15, 0.2) is 54.9 Å². The highest BCUT2D eigenvalue weighted by Gasteiger charge is 2.44. The molecule has 2 aromatic carbocycles. The van der Waals surface area contributed by atoms with E-state index in [1.807, 2.05) is 30.5 Å². The molecule has 0 N–H and O–H groups in total. The molecule has 3 fully saturated rings. The van der Waals surface area contributed by atoms with E-state index in [9.17, 15) is 18.9 Å². The molecule has 36 heavy (non-hydrogen) atoms. The number of alkyl halides is 2. The number of hydrogen-bond donors (Lipinski definition) is 0. The smallest absolute Gasteiger partial charge is 0.271 e. The summed E-state index contributed by atoms with van der Waals surface area (Å²) < 4.78 is 29.7. The summed E-state index contributed by atoms with van der Waals surface area (Å²) in [5, 5.41) is 16.1. The van der Waals surface area contributed by atoms with Crippen LogP contribution in [-0.2, 0) is 0 Å². The highest BCUT2D eigenvalue weighted by Crippen LogP contribution is 2.54. The number of aromatic nitrogens is 2. The average molecular weight is 494 g/mol. The number of nitrogens with zero attached hydrogens (tertiary/aromatic N) is 5. The monoisotopic (exact) mass is 493 g/mol. The maximum Gasteiger partial charge on any atom is 0.271 e. The minimum atomic E-state index is -2.67. The average Bonchev–Trinajstić information content (AvgIpc) is 3.44. The number of rotatable bonds is 5. The van der Waals surface area contributed by atoms with Crippen LogP contribution in [0.3, 0.4) is 0 Å². The van der Waals surface area contributed by atoms with Crippen LogP contribution in [-0.4, -0.2) is 46.8 Å². The normalized spacial score (nSPS) is 20.5. The first-order valence-electron chi connectivity index (χ1n) is 12.6. The third-order valence-electron chi connectivity index (χ3n) is 8.06. The molecule has 0 unspecified atom stereocenters. The lowest BCUT2D eigenvalue weighted by Crippen LogP contribution is -2.42. The minimum absolute atomic E-state index is 0.0640. The van der Waals surface area contributed by atoms with Crippen molar-refractivity contribution in [3.05, 3.63) is 65.0 Å². The molecular formula is C27H29F2N5O2. The van der Waals surface area contributed by atoms with Crippen LogP contribution in [0.5, 0.6) is 0 Å². The van der Waals surface area contributed by atoms with Crippen LogP contribution in [0.2, 0.25) is 0 Å². The van der Waals surface area contributed by atoms with Gasteiger partial charge in [0.25, 0.3) is 11.6 Å². The van der Waals surface area contributed by atoms with Crippen molar-refractivity contribution >= 4 is 17.1 Å². The molecule has 2 saturated heterocycles. The molecule has 9 heteroatoms. The van der Waals surface area contributed by atoms with E-state index in [-0.39, 0.29) is 23.6 Å². The summed E-state index contributed by atoms with van der Waals surface area (Å²) in [6.45, 7) is 2.11. The van der Waals surface area contributed by atoms with Crippen LogP contribution >= 0.6 is 0 Å². The molecule has 1 aliphatic carbocycles. The van der Waals surface area contributed by atoms with E-state index in [2.05, 4.69) is 10.00 Å². The standard InChI is InChI=1S/C27H29F2N5O2/c28-27(29)7-2-12-32(19-27)22-4-1-3-20(15-22)21-17-30-33(18-21)24-6-5-23(34(35)36)16-25(24)31-13-10-26(8-9-26)11-14-31/h1,3-6,15-18H,2,7-14,19H2. The Kier molecular flexibility index (Phi) is 5.46. The predicted octanol–water partition coefficient (Wildman–Crippen LogP) is 6.06. The Hall–Kier alpha value is -3.49. The van der Waals surface area contributed by atoms with Gasteiger partial charge in [-0.25, -0.2) is 13.5 Å². The van der Waals surface area contributed by atoms with E-state index in [1.165, 1.54) is 18.9 Å². The van der Waals surface area contributed by atoms with Crippen molar-refractivity contribution in [2.75, 3.05) is 36.0 Å². The maximum absolute atomic E-state index is 14.0. The number of nitro benzene ring substituents is 1. The van der Waals surface area contributed by atoms with E-state index in [4.69, 9.17) is 0 Å². The quantitative estimate of drug-likeness (QED) is 0.319. The molecule has 6 rings (SSSR count). The highest BCUT2D eigenvalue weighted by molar-refractivity contribution is 5.71. The molecule has 0 bridgehead atoms. The van der Waals surface area contributed by atoms with Gasteiger partial charge in [-0.3, -0.25) is 10.1 Å². The van der Waals surface area contributed by atoms with Gasteiger partial charge in [0.05, 0.1) is 29.0 Å². The maximum atomic E-state index is 14.0. The van der Waals surface area contributed by atoms with Gasteiger partial charge in [-0.15, -0.1) is 0 Å². The Morgan fingerprint density at radius 2 is 1.69 bits per heavy atom. The third-order valence-corrected chi connectivity index (χ3v) is 8.06. The number of halogens is 2. The van der Waals surface area contributed by atoms with Gasteiger partial charge in [0.1, 0.15) is 0 Å². The lowest BCUT2D eigenvalue weighted by Gasteiger charge is -2.34. The lowest BCUT2D eigenvalue weighted by atomic mass is 9.93.